The molecule has 0 fully saturated rings. The van der Waals surface area contributed by atoms with Gasteiger partial charge >= 0.3 is 0 Å². The molecule has 0 aromatic heterocycles. The fraction of sp³-hybridized carbons (Fsp3) is 0.273. The van der Waals surface area contributed by atoms with Crippen LogP contribution in [-0.2, 0) is 6.42 Å². The van der Waals surface area contributed by atoms with E-state index in [1.165, 1.54) is 0 Å². The fourth-order valence-electron chi connectivity index (χ4n) is 1.22. The predicted molar refractivity (Wildman–Crippen MR) is 50.5 cm³/mol. The van der Waals surface area contributed by atoms with Gasteiger partial charge in [0.1, 0.15) is 5.82 Å². The van der Waals surface area contributed by atoms with Gasteiger partial charge in [-0.2, -0.15) is 0 Å². The largest absolute Gasteiger partial charge is 0.206 e. The Morgan fingerprint density at radius 1 is 1.50 bits per heavy atom. The van der Waals surface area contributed by atoms with Crippen LogP contribution in [-0.4, -0.2) is 0 Å². The summed E-state index contributed by atoms with van der Waals surface area (Å²) in [5, 5.41) is 0. The maximum atomic E-state index is 13.4. The van der Waals surface area contributed by atoms with Gasteiger partial charge < -0.3 is 0 Å². The van der Waals surface area contributed by atoms with E-state index in [0.29, 0.717) is 5.56 Å². The molecule has 0 radical (unpaired) electrons. The van der Waals surface area contributed by atoms with Crippen LogP contribution in [0.4, 0.5) is 4.39 Å². The van der Waals surface area contributed by atoms with Crippen LogP contribution < -0.4 is 0 Å². The van der Waals surface area contributed by atoms with Crippen LogP contribution in [0.2, 0.25) is 0 Å². The summed E-state index contributed by atoms with van der Waals surface area (Å²) < 4.78 is 13.4. The molecule has 0 aliphatic carbocycles. The van der Waals surface area contributed by atoms with E-state index in [1.54, 1.807) is 12.1 Å². The molecule has 0 spiro atoms. The molecule has 0 unspecified atom stereocenters. The lowest BCUT2D eigenvalue weighted by molar-refractivity contribution is 0.605. The number of benzene rings is 1. The zero-order chi connectivity index (χ0) is 8.97. The van der Waals surface area contributed by atoms with Gasteiger partial charge in [0, 0.05) is 5.56 Å². The molecule has 1 rings (SSSR count). The first-order valence-corrected chi connectivity index (χ1v) is 4.19. The zero-order valence-corrected chi connectivity index (χ0v) is 7.31. The molecule has 0 saturated heterocycles. The number of halogens is 1. The molecule has 0 nitrogen and oxygen atoms in total. The number of hydrogen-bond acceptors (Lipinski definition) is 0. The van der Waals surface area contributed by atoms with Crippen LogP contribution in [0, 0.1) is 5.82 Å². The molecule has 0 amide bonds. The summed E-state index contributed by atoms with van der Waals surface area (Å²) in [7, 11) is 0. The Kier molecular flexibility index (Phi) is 3.03. The van der Waals surface area contributed by atoms with Gasteiger partial charge in [-0.05, 0) is 12.0 Å². The summed E-state index contributed by atoms with van der Waals surface area (Å²) in [5.41, 5.74) is 1.39. The lowest BCUT2D eigenvalue weighted by Gasteiger charge is -2.02. The van der Waals surface area contributed by atoms with Gasteiger partial charge in [0.15, 0.2) is 0 Å². The summed E-state index contributed by atoms with van der Waals surface area (Å²) in [4.78, 5) is 0. The molecule has 0 atom stereocenters. The summed E-state index contributed by atoms with van der Waals surface area (Å²) >= 11 is 0. The number of aryl methyl sites for hydroxylation is 1. The van der Waals surface area contributed by atoms with E-state index in [1.807, 2.05) is 19.1 Å². The molecule has 64 valence electrons. The van der Waals surface area contributed by atoms with Crippen LogP contribution in [0.15, 0.2) is 24.8 Å². The Bertz CT molecular complexity index is 276. The molecule has 0 N–H and O–H groups in total. The highest BCUT2D eigenvalue weighted by molar-refractivity contribution is 5.49. The van der Waals surface area contributed by atoms with Crippen molar-refractivity contribution in [3.63, 3.8) is 0 Å². The Hall–Kier alpha value is -1.11. The summed E-state index contributed by atoms with van der Waals surface area (Å²) in [6.45, 7) is 5.59. The first-order valence-electron chi connectivity index (χ1n) is 4.19. The smallest absolute Gasteiger partial charge is 0.133 e. The predicted octanol–water partition coefficient (Wildman–Crippen LogP) is 3.42. The molecule has 0 bridgehead atoms. The highest BCUT2D eigenvalue weighted by Crippen LogP contribution is 2.15. The fourth-order valence-corrected chi connectivity index (χ4v) is 1.22. The average Bonchev–Trinajstić information content (AvgIpc) is 2.09. The van der Waals surface area contributed by atoms with Gasteiger partial charge in [-0.25, -0.2) is 4.39 Å². The van der Waals surface area contributed by atoms with Crippen molar-refractivity contribution in [1.82, 2.24) is 0 Å². The first-order chi connectivity index (χ1) is 5.79. The van der Waals surface area contributed by atoms with Gasteiger partial charge in [0.2, 0.25) is 0 Å². The van der Waals surface area contributed by atoms with E-state index >= 15 is 0 Å². The lowest BCUT2D eigenvalue weighted by atomic mass is 10.1. The van der Waals surface area contributed by atoms with Crippen molar-refractivity contribution in [3.8, 4) is 0 Å². The van der Waals surface area contributed by atoms with Crippen LogP contribution in [0.25, 0.3) is 6.08 Å². The van der Waals surface area contributed by atoms with Crippen LogP contribution in [0.3, 0.4) is 0 Å². The maximum Gasteiger partial charge on any atom is 0.133 e. The minimum atomic E-state index is -0.116. The average molecular weight is 164 g/mol. The van der Waals surface area contributed by atoms with E-state index in [0.717, 1.165) is 18.4 Å². The molecular weight excluding hydrogens is 151 g/mol. The van der Waals surface area contributed by atoms with E-state index in [4.69, 9.17) is 0 Å². The number of rotatable bonds is 3. The Morgan fingerprint density at radius 3 is 2.83 bits per heavy atom. The van der Waals surface area contributed by atoms with E-state index in [-0.39, 0.29) is 5.82 Å². The van der Waals surface area contributed by atoms with Crippen molar-refractivity contribution < 1.29 is 4.39 Å². The Labute approximate surface area is 72.7 Å². The van der Waals surface area contributed by atoms with Gasteiger partial charge in [0.25, 0.3) is 0 Å². The van der Waals surface area contributed by atoms with Gasteiger partial charge in [-0.1, -0.05) is 44.2 Å². The highest BCUT2D eigenvalue weighted by Gasteiger charge is 2.03. The van der Waals surface area contributed by atoms with Crippen molar-refractivity contribution in [2.45, 2.75) is 19.8 Å². The highest BCUT2D eigenvalue weighted by atomic mass is 19.1. The van der Waals surface area contributed by atoms with Crippen LogP contribution in [0.1, 0.15) is 24.5 Å². The quantitative estimate of drug-likeness (QED) is 0.642. The minimum absolute atomic E-state index is 0.116. The second-order valence-corrected chi connectivity index (χ2v) is 2.77. The maximum absolute atomic E-state index is 13.4. The van der Waals surface area contributed by atoms with Crippen LogP contribution in [0.5, 0.6) is 0 Å². The molecule has 0 aliphatic heterocycles. The summed E-state index contributed by atoms with van der Waals surface area (Å²) in [6, 6.07) is 5.43. The van der Waals surface area contributed by atoms with Crippen molar-refractivity contribution in [2.75, 3.05) is 0 Å². The van der Waals surface area contributed by atoms with E-state index < -0.39 is 0 Å². The first kappa shape index (κ1) is 8.98. The van der Waals surface area contributed by atoms with Gasteiger partial charge in [-0.3, -0.25) is 0 Å². The van der Waals surface area contributed by atoms with Crippen LogP contribution >= 0.6 is 0 Å². The molecule has 1 heteroatoms. The second kappa shape index (κ2) is 4.05. The van der Waals surface area contributed by atoms with Crippen molar-refractivity contribution in [3.05, 3.63) is 41.7 Å². The summed E-state index contributed by atoms with van der Waals surface area (Å²) in [5.74, 6) is -0.116. The zero-order valence-electron chi connectivity index (χ0n) is 7.31. The monoisotopic (exact) mass is 164 g/mol. The topological polar surface area (TPSA) is 0 Å². The molecule has 1 aromatic rings. The molecule has 0 saturated carbocycles. The van der Waals surface area contributed by atoms with E-state index in [9.17, 15) is 4.39 Å². The van der Waals surface area contributed by atoms with Crippen molar-refractivity contribution in [2.24, 2.45) is 0 Å². The molecule has 0 aliphatic rings. The van der Waals surface area contributed by atoms with E-state index in [2.05, 4.69) is 6.58 Å². The molecule has 0 heterocycles. The van der Waals surface area contributed by atoms with Crippen molar-refractivity contribution >= 4 is 6.08 Å². The van der Waals surface area contributed by atoms with Crippen molar-refractivity contribution in [1.29, 1.82) is 0 Å². The SMILES string of the molecule is C=Cc1cccc(CCC)c1F. The third-order valence-electron chi connectivity index (χ3n) is 1.85. The lowest BCUT2D eigenvalue weighted by Crippen LogP contribution is -1.91. The standard InChI is InChI=1S/C11H13F/c1-3-6-10-8-5-7-9(4-2)11(10)12/h4-5,7-8H,2-3,6H2,1H3. The summed E-state index contributed by atoms with van der Waals surface area (Å²) in [6.07, 6.45) is 3.32. The molecule has 12 heavy (non-hydrogen) atoms. The van der Waals surface area contributed by atoms with Gasteiger partial charge in [-0.15, -0.1) is 0 Å². The second-order valence-electron chi connectivity index (χ2n) is 2.77. The minimum Gasteiger partial charge on any atom is -0.206 e. The molecular formula is C11H13F. The van der Waals surface area contributed by atoms with Gasteiger partial charge in [0.05, 0.1) is 0 Å². The normalized spacial score (nSPS) is 9.83. The molecule has 1 aromatic carbocycles. The Morgan fingerprint density at radius 2 is 2.25 bits per heavy atom. The third kappa shape index (κ3) is 1.73. The Balaban J connectivity index is 3.04. The third-order valence-corrected chi connectivity index (χ3v) is 1.85. The number of hydrogen-bond donors (Lipinski definition) is 0.